The fourth-order valence-electron chi connectivity index (χ4n) is 5.02. The van der Waals surface area contributed by atoms with E-state index in [9.17, 15) is 19.6 Å². The van der Waals surface area contributed by atoms with Gasteiger partial charge >= 0.3 is 18.0 Å². The zero-order chi connectivity index (χ0) is 26.8. The Balaban J connectivity index is 1.95. The second kappa shape index (κ2) is 10.7. The van der Waals surface area contributed by atoms with E-state index < -0.39 is 59.5 Å². The SMILES string of the molecule is CCOC(=O)[C@H]1C[C@H](C(=O)OCc2ccccc2)[C@H]([C@H]2[C@H](C)OC(C)(C)N2C(=O)OC(C)(C)C)N1O. The number of amides is 1. The number of hydrogen-bond acceptors (Lipinski definition) is 9. The minimum atomic E-state index is -1.10. The molecule has 36 heavy (non-hydrogen) atoms. The monoisotopic (exact) mass is 506 g/mol. The van der Waals surface area contributed by atoms with Crippen molar-refractivity contribution in [2.24, 2.45) is 5.92 Å². The molecule has 0 spiro atoms. The first-order valence-electron chi connectivity index (χ1n) is 12.3. The predicted molar refractivity (Wildman–Crippen MR) is 129 cm³/mol. The molecule has 0 bridgehead atoms. The maximum Gasteiger partial charge on any atom is 0.412 e. The van der Waals surface area contributed by atoms with Gasteiger partial charge in [0.25, 0.3) is 0 Å². The Labute approximate surface area is 212 Å². The first-order valence-corrected chi connectivity index (χ1v) is 12.3. The van der Waals surface area contributed by atoms with Gasteiger partial charge in [0.2, 0.25) is 0 Å². The van der Waals surface area contributed by atoms with Gasteiger partial charge in [0.15, 0.2) is 0 Å². The molecule has 1 amide bonds. The Bertz CT molecular complexity index is 945. The van der Waals surface area contributed by atoms with Crippen molar-refractivity contribution in [3.05, 3.63) is 35.9 Å². The zero-order valence-corrected chi connectivity index (χ0v) is 22.1. The highest BCUT2D eigenvalue weighted by Gasteiger charge is 2.60. The average Bonchev–Trinajstić information content (AvgIpc) is 3.23. The summed E-state index contributed by atoms with van der Waals surface area (Å²) in [6.45, 7) is 12.3. The van der Waals surface area contributed by atoms with Crippen molar-refractivity contribution < 1.29 is 38.5 Å². The van der Waals surface area contributed by atoms with Gasteiger partial charge in [-0.25, -0.2) is 4.79 Å². The molecule has 2 aliphatic rings. The zero-order valence-electron chi connectivity index (χ0n) is 22.1. The number of benzene rings is 1. The van der Waals surface area contributed by atoms with Crippen molar-refractivity contribution >= 4 is 18.0 Å². The molecule has 1 aromatic carbocycles. The minimum Gasteiger partial charge on any atom is -0.465 e. The third-order valence-corrected chi connectivity index (χ3v) is 6.37. The summed E-state index contributed by atoms with van der Waals surface area (Å²) >= 11 is 0. The molecule has 10 heteroatoms. The highest BCUT2D eigenvalue weighted by atomic mass is 16.6. The number of carbonyl (C=O) groups is 3. The third kappa shape index (κ3) is 5.99. The van der Waals surface area contributed by atoms with Crippen molar-refractivity contribution in [3.63, 3.8) is 0 Å². The second-order valence-electron chi connectivity index (χ2n) is 10.7. The number of rotatable bonds is 6. The van der Waals surface area contributed by atoms with Crippen molar-refractivity contribution in [1.29, 1.82) is 0 Å². The van der Waals surface area contributed by atoms with Gasteiger partial charge in [0, 0.05) is 0 Å². The summed E-state index contributed by atoms with van der Waals surface area (Å²) in [5, 5.41) is 12.1. The maximum atomic E-state index is 13.3. The Morgan fingerprint density at radius 1 is 1.08 bits per heavy atom. The summed E-state index contributed by atoms with van der Waals surface area (Å²) < 4.78 is 22.5. The summed E-state index contributed by atoms with van der Waals surface area (Å²) in [4.78, 5) is 40.7. The average molecular weight is 507 g/mol. The van der Waals surface area contributed by atoms with Crippen LogP contribution in [0.15, 0.2) is 30.3 Å². The maximum absolute atomic E-state index is 13.3. The molecule has 2 saturated heterocycles. The van der Waals surface area contributed by atoms with Crippen LogP contribution in [0.25, 0.3) is 0 Å². The summed E-state index contributed by atoms with van der Waals surface area (Å²) in [6.07, 6.45) is -1.26. The van der Waals surface area contributed by atoms with Gasteiger partial charge in [-0.1, -0.05) is 30.3 Å². The van der Waals surface area contributed by atoms with E-state index in [4.69, 9.17) is 18.9 Å². The van der Waals surface area contributed by atoms with E-state index in [2.05, 4.69) is 0 Å². The van der Waals surface area contributed by atoms with Crippen LogP contribution in [0.1, 0.15) is 60.5 Å². The Hall–Kier alpha value is -2.69. The van der Waals surface area contributed by atoms with Gasteiger partial charge in [-0.15, -0.1) is 0 Å². The van der Waals surface area contributed by atoms with E-state index in [-0.39, 0.29) is 19.6 Å². The Morgan fingerprint density at radius 3 is 2.31 bits per heavy atom. The molecule has 5 atom stereocenters. The van der Waals surface area contributed by atoms with Gasteiger partial charge in [-0.05, 0) is 60.5 Å². The van der Waals surface area contributed by atoms with Crippen LogP contribution in [0, 0.1) is 5.92 Å². The molecular weight excluding hydrogens is 468 g/mol. The van der Waals surface area contributed by atoms with E-state index in [0.717, 1.165) is 10.6 Å². The molecule has 2 fully saturated rings. The van der Waals surface area contributed by atoms with E-state index in [0.29, 0.717) is 0 Å². The van der Waals surface area contributed by atoms with Crippen LogP contribution in [0.3, 0.4) is 0 Å². The van der Waals surface area contributed by atoms with Gasteiger partial charge in [0.05, 0.1) is 30.7 Å². The van der Waals surface area contributed by atoms with Gasteiger partial charge in [-0.2, -0.15) is 5.06 Å². The minimum absolute atomic E-state index is 0.0283. The summed E-state index contributed by atoms with van der Waals surface area (Å²) in [7, 11) is 0. The van der Waals surface area contributed by atoms with E-state index >= 15 is 0 Å². The highest BCUT2D eigenvalue weighted by molar-refractivity contribution is 5.80. The van der Waals surface area contributed by atoms with Crippen molar-refractivity contribution in [1.82, 2.24) is 9.96 Å². The molecule has 1 N–H and O–H groups in total. The lowest BCUT2D eigenvalue weighted by molar-refractivity contribution is -0.185. The van der Waals surface area contributed by atoms with Crippen LogP contribution in [0.5, 0.6) is 0 Å². The molecule has 2 heterocycles. The number of hydrogen-bond donors (Lipinski definition) is 1. The van der Waals surface area contributed by atoms with Crippen molar-refractivity contribution in [2.45, 2.75) is 97.0 Å². The van der Waals surface area contributed by atoms with Gasteiger partial charge in [0.1, 0.15) is 24.0 Å². The molecule has 2 aliphatic heterocycles. The first kappa shape index (κ1) is 27.9. The molecule has 0 aliphatic carbocycles. The van der Waals surface area contributed by atoms with Gasteiger partial charge in [-0.3, -0.25) is 14.5 Å². The number of carbonyl (C=O) groups excluding carboxylic acids is 3. The molecular formula is C26H38N2O8. The Kier molecular flexibility index (Phi) is 8.32. The fourth-order valence-corrected chi connectivity index (χ4v) is 5.02. The summed E-state index contributed by atoms with van der Waals surface area (Å²) in [5.41, 5.74) is -1.06. The lowest BCUT2D eigenvalue weighted by Gasteiger charge is -2.39. The normalized spacial score (nSPS) is 28.1. The third-order valence-electron chi connectivity index (χ3n) is 6.37. The summed E-state index contributed by atoms with van der Waals surface area (Å²) in [6, 6.07) is 6.30. The lowest BCUT2D eigenvalue weighted by atomic mass is 9.90. The quantitative estimate of drug-likeness (QED) is 0.457. The molecule has 10 nitrogen and oxygen atoms in total. The predicted octanol–water partition coefficient (Wildman–Crippen LogP) is 3.50. The second-order valence-corrected chi connectivity index (χ2v) is 10.7. The Morgan fingerprint density at radius 2 is 1.72 bits per heavy atom. The van der Waals surface area contributed by atoms with E-state index in [1.807, 2.05) is 30.3 Å². The van der Waals surface area contributed by atoms with E-state index in [1.54, 1.807) is 48.5 Å². The van der Waals surface area contributed by atoms with Crippen LogP contribution in [0.2, 0.25) is 0 Å². The van der Waals surface area contributed by atoms with Crippen LogP contribution in [-0.4, -0.2) is 75.4 Å². The molecule has 0 aromatic heterocycles. The summed E-state index contributed by atoms with van der Waals surface area (Å²) in [5.74, 6) is -2.17. The van der Waals surface area contributed by atoms with E-state index in [1.165, 1.54) is 4.90 Å². The molecule has 200 valence electrons. The van der Waals surface area contributed by atoms with Crippen LogP contribution in [0.4, 0.5) is 4.79 Å². The van der Waals surface area contributed by atoms with Crippen molar-refractivity contribution in [3.8, 4) is 0 Å². The molecule has 0 unspecified atom stereocenters. The van der Waals surface area contributed by atoms with Crippen molar-refractivity contribution in [2.75, 3.05) is 6.61 Å². The number of ether oxygens (including phenoxy) is 4. The molecule has 0 saturated carbocycles. The fraction of sp³-hybridized carbons (Fsp3) is 0.654. The standard InChI is InChI=1S/C26H38N2O8/c1-8-33-23(30)19-14-18(22(29)34-15-17-12-10-9-11-13-17)21(28(19)32)20-16(2)35-26(6,7)27(20)24(31)36-25(3,4)5/h9-13,16,18-21,32H,8,14-15H2,1-7H3/t16-,18-,19+,20+,21+/m0/s1. The number of nitrogens with zero attached hydrogens (tertiary/aromatic N) is 2. The van der Waals surface area contributed by atoms with Crippen LogP contribution >= 0.6 is 0 Å². The molecule has 1 aromatic rings. The lowest BCUT2D eigenvalue weighted by Crippen LogP contribution is -2.59. The van der Waals surface area contributed by atoms with Gasteiger partial charge < -0.3 is 24.2 Å². The molecule has 0 radical (unpaired) electrons. The first-order chi connectivity index (χ1) is 16.8. The largest absolute Gasteiger partial charge is 0.465 e. The highest BCUT2D eigenvalue weighted by Crippen LogP contribution is 2.42. The molecule has 3 rings (SSSR count). The topological polar surface area (TPSA) is 115 Å². The van der Waals surface area contributed by atoms with Crippen LogP contribution < -0.4 is 0 Å². The van der Waals surface area contributed by atoms with Crippen LogP contribution in [-0.2, 0) is 35.1 Å². The smallest absolute Gasteiger partial charge is 0.412 e. The number of esters is 2. The number of hydroxylamine groups is 2.